The van der Waals surface area contributed by atoms with Crippen LogP contribution in [0.25, 0.3) is 0 Å². The van der Waals surface area contributed by atoms with Gasteiger partial charge in [0.1, 0.15) is 0 Å². The summed E-state index contributed by atoms with van der Waals surface area (Å²) in [5.41, 5.74) is 7.43. The Morgan fingerprint density at radius 2 is 1.72 bits per heavy atom. The molecule has 0 bridgehead atoms. The first-order valence-corrected chi connectivity index (χ1v) is 6.58. The first kappa shape index (κ1) is 12.8. The Bertz CT molecular complexity index is 559. The Morgan fingerprint density at radius 3 is 2.39 bits per heavy atom. The Kier molecular flexibility index (Phi) is 4.15. The summed E-state index contributed by atoms with van der Waals surface area (Å²) in [7, 11) is 0. The first-order valence-electron chi connectivity index (χ1n) is 5.78. The monoisotopic (exact) mass is 302 g/mol. The second kappa shape index (κ2) is 5.83. The molecule has 18 heavy (non-hydrogen) atoms. The maximum absolute atomic E-state index is 4.41. The van der Waals surface area contributed by atoms with E-state index in [0.717, 1.165) is 15.9 Å². The van der Waals surface area contributed by atoms with Crippen molar-refractivity contribution in [2.24, 2.45) is 5.10 Å². The number of nitrogens with one attached hydrogen (secondary N) is 1. The lowest BCUT2D eigenvalue weighted by atomic mass is 10.1. The standard InChI is InChI=1S/C15H15BrN2/c1-11-5-3-4-6-15(11)12(2)17-18-14-9-7-13(16)8-10-14/h3-10,18H,1-2H3/b17-12-. The topological polar surface area (TPSA) is 24.4 Å². The zero-order chi connectivity index (χ0) is 13.0. The summed E-state index contributed by atoms with van der Waals surface area (Å²) in [6.45, 7) is 4.10. The van der Waals surface area contributed by atoms with Gasteiger partial charge in [-0.1, -0.05) is 40.2 Å². The van der Waals surface area contributed by atoms with E-state index in [1.54, 1.807) is 0 Å². The van der Waals surface area contributed by atoms with Crippen LogP contribution in [0.5, 0.6) is 0 Å². The smallest absolute Gasteiger partial charge is 0.0651 e. The minimum absolute atomic E-state index is 0.978. The van der Waals surface area contributed by atoms with Gasteiger partial charge in [0.15, 0.2) is 0 Å². The molecular weight excluding hydrogens is 288 g/mol. The van der Waals surface area contributed by atoms with Crippen molar-refractivity contribution in [2.75, 3.05) is 5.43 Å². The normalized spacial score (nSPS) is 11.4. The van der Waals surface area contributed by atoms with E-state index in [-0.39, 0.29) is 0 Å². The molecule has 2 nitrogen and oxygen atoms in total. The van der Waals surface area contributed by atoms with Gasteiger partial charge in [-0.15, -0.1) is 0 Å². The van der Waals surface area contributed by atoms with E-state index in [9.17, 15) is 0 Å². The summed E-state index contributed by atoms with van der Waals surface area (Å²) in [5, 5.41) is 4.41. The maximum Gasteiger partial charge on any atom is 0.0651 e. The summed E-state index contributed by atoms with van der Waals surface area (Å²) in [6, 6.07) is 16.2. The van der Waals surface area contributed by atoms with Gasteiger partial charge in [-0.3, -0.25) is 5.43 Å². The molecule has 0 spiro atoms. The number of aryl methyl sites for hydroxylation is 1. The number of rotatable bonds is 3. The zero-order valence-corrected chi connectivity index (χ0v) is 12.0. The minimum Gasteiger partial charge on any atom is -0.278 e. The molecule has 0 heterocycles. The van der Waals surface area contributed by atoms with Crippen molar-refractivity contribution in [1.82, 2.24) is 0 Å². The molecule has 3 heteroatoms. The molecule has 2 aromatic carbocycles. The van der Waals surface area contributed by atoms with Crippen molar-refractivity contribution in [2.45, 2.75) is 13.8 Å². The largest absolute Gasteiger partial charge is 0.278 e. The van der Waals surface area contributed by atoms with Crippen molar-refractivity contribution in [3.8, 4) is 0 Å². The highest BCUT2D eigenvalue weighted by Crippen LogP contribution is 2.14. The molecule has 0 saturated heterocycles. The molecule has 0 unspecified atom stereocenters. The number of benzene rings is 2. The van der Waals surface area contributed by atoms with Gasteiger partial charge in [-0.05, 0) is 43.7 Å². The maximum atomic E-state index is 4.41. The fourth-order valence-electron chi connectivity index (χ4n) is 1.71. The van der Waals surface area contributed by atoms with E-state index in [1.165, 1.54) is 11.1 Å². The SMILES string of the molecule is C/C(=N/Nc1ccc(Br)cc1)c1ccccc1C. The van der Waals surface area contributed by atoms with E-state index in [0.29, 0.717) is 0 Å². The van der Waals surface area contributed by atoms with Crippen LogP contribution >= 0.6 is 15.9 Å². The van der Waals surface area contributed by atoms with Gasteiger partial charge in [0.2, 0.25) is 0 Å². The first-order chi connectivity index (χ1) is 8.66. The average Bonchev–Trinajstić information content (AvgIpc) is 2.38. The van der Waals surface area contributed by atoms with Crippen LogP contribution in [0.15, 0.2) is 58.1 Å². The quantitative estimate of drug-likeness (QED) is 0.650. The van der Waals surface area contributed by atoms with Crippen LogP contribution in [-0.4, -0.2) is 5.71 Å². The van der Waals surface area contributed by atoms with E-state index in [2.05, 4.69) is 45.5 Å². The third-order valence-electron chi connectivity index (χ3n) is 2.73. The molecule has 0 aliphatic heterocycles. The average molecular weight is 303 g/mol. The van der Waals surface area contributed by atoms with Gasteiger partial charge in [0.05, 0.1) is 11.4 Å². The molecule has 1 N–H and O–H groups in total. The molecule has 0 atom stereocenters. The van der Waals surface area contributed by atoms with Crippen molar-refractivity contribution < 1.29 is 0 Å². The molecule has 0 fully saturated rings. The van der Waals surface area contributed by atoms with E-state index < -0.39 is 0 Å². The molecular formula is C15H15BrN2. The summed E-state index contributed by atoms with van der Waals surface area (Å²) < 4.78 is 1.06. The Balaban J connectivity index is 2.14. The number of halogens is 1. The summed E-state index contributed by atoms with van der Waals surface area (Å²) in [4.78, 5) is 0. The lowest BCUT2D eigenvalue weighted by Crippen LogP contribution is -2.01. The van der Waals surface area contributed by atoms with Crippen molar-refractivity contribution in [1.29, 1.82) is 0 Å². The van der Waals surface area contributed by atoms with E-state index in [4.69, 9.17) is 0 Å². The number of hydrogen-bond donors (Lipinski definition) is 1. The third-order valence-corrected chi connectivity index (χ3v) is 3.26. The third kappa shape index (κ3) is 3.20. The minimum atomic E-state index is 0.978. The second-order valence-corrected chi connectivity index (χ2v) is 5.05. The number of hydrogen-bond acceptors (Lipinski definition) is 2. The number of nitrogens with zero attached hydrogens (tertiary/aromatic N) is 1. The zero-order valence-electron chi connectivity index (χ0n) is 10.4. The highest BCUT2D eigenvalue weighted by atomic mass is 79.9. The Hall–Kier alpha value is -1.61. The fourth-order valence-corrected chi connectivity index (χ4v) is 1.98. The molecule has 2 rings (SSSR count). The van der Waals surface area contributed by atoms with Crippen LogP contribution in [-0.2, 0) is 0 Å². The number of anilines is 1. The predicted molar refractivity (Wildman–Crippen MR) is 81.2 cm³/mol. The van der Waals surface area contributed by atoms with Crippen LogP contribution in [0.2, 0.25) is 0 Å². The molecule has 2 aromatic rings. The molecule has 0 radical (unpaired) electrons. The van der Waals surface area contributed by atoms with Gasteiger partial charge in [-0.2, -0.15) is 5.10 Å². The summed E-state index contributed by atoms with van der Waals surface area (Å²) in [5.74, 6) is 0. The van der Waals surface area contributed by atoms with Crippen molar-refractivity contribution in [3.63, 3.8) is 0 Å². The molecule has 92 valence electrons. The van der Waals surface area contributed by atoms with Crippen LogP contribution in [0, 0.1) is 6.92 Å². The van der Waals surface area contributed by atoms with Crippen LogP contribution in [0.4, 0.5) is 5.69 Å². The molecule has 0 aromatic heterocycles. The van der Waals surface area contributed by atoms with Crippen LogP contribution in [0.1, 0.15) is 18.1 Å². The van der Waals surface area contributed by atoms with Gasteiger partial charge >= 0.3 is 0 Å². The van der Waals surface area contributed by atoms with Crippen LogP contribution in [0.3, 0.4) is 0 Å². The van der Waals surface area contributed by atoms with Gasteiger partial charge < -0.3 is 0 Å². The number of hydrazone groups is 1. The lowest BCUT2D eigenvalue weighted by molar-refractivity contribution is 1.31. The lowest BCUT2D eigenvalue weighted by Gasteiger charge is -2.06. The van der Waals surface area contributed by atoms with Gasteiger partial charge in [0, 0.05) is 10.0 Å². The highest BCUT2D eigenvalue weighted by molar-refractivity contribution is 9.10. The highest BCUT2D eigenvalue weighted by Gasteiger charge is 2.00. The Morgan fingerprint density at radius 1 is 1.06 bits per heavy atom. The van der Waals surface area contributed by atoms with Crippen molar-refractivity contribution in [3.05, 3.63) is 64.1 Å². The fraction of sp³-hybridized carbons (Fsp3) is 0.133. The molecule has 0 aliphatic carbocycles. The summed E-state index contributed by atoms with van der Waals surface area (Å²) >= 11 is 3.41. The van der Waals surface area contributed by atoms with E-state index in [1.807, 2.05) is 43.3 Å². The molecule has 0 aliphatic rings. The predicted octanol–water partition coefficient (Wildman–Crippen LogP) is 4.59. The Labute approximate surface area is 116 Å². The molecule has 0 saturated carbocycles. The second-order valence-electron chi connectivity index (χ2n) is 4.13. The van der Waals surface area contributed by atoms with Crippen molar-refractivity contribution >= 4 is 27.3 Å². The summed E-state index contributed by atoms with van der Waals surface area (Å²) in [6.07, 6.45) is 0. The van der Waals surface area contributed by atoms with E-state index >= 15 is 0 Å². The van der Waals surface area contributed by atoms with Gasteiger partial charge in [-0.25, -0.2) is 0 Å². The molecule has 0 amide bonds. The van der Waals surface area contributed by atoms with Gasteiger partial charge in [0.25, 0.3) is 0 Å². The van der Waals surface area contributed by atoms with Crippen LogP contribution < -0.4 is 5.43 Å².